The van der Waals surface area contributed by atoms with Crippen LogP contribution in [0.1, 0.15) is 15.6 Å². The van der Waals surface area contributed by atoms with E-state index in [9.17, 15) is 0 Å². The molecule has 0 radical (unpaired) electrons. The predicted molar refractivity (Wildman–Crippen MR) is 86.2 cm³/mol. The number of benzene rings is 2. The van der Waals surface area contributed by atoms with Crippen molar-refractivity contribution in [2.24, 2.45) is 0 Å². The van der Waals surface area contributed by atoms with E-state index in [1.165, 1.54) is 0 Å². The van der Waals surface area contributed by atoms with Gasteiger partial charge < -0.3 is 9.47 Å². The van der Waals surface area contributed by atoms with Gasteiger partial charge in [0.1, 0.15) is 29.7 Å². The molecule has 0 aliphatic heterocycles. The molecule has 112 valence electrons. The molecule has 1 aromatic heterocycles. The first-order valence-electron chi connectivity index (χ1n) is 6.98. The van der Waals surface area contributed by atoms with E-state index in [0.29, 0.717) is 13.2 Å². The van der Waals surface area contributed by atoms with Gasteiger partial charge in [-0.05, 0) is 36.8 Å². The number of aromatic nitrogens is 2. The molecule has 0 N–H and O–H groups in total. The maximum Gasteiger partial charge on any atom is 0.155 e. The van der Waals surface area contributed by atoms with Gasteiger partial charge in [0, 0.05) is 0 Å². The highest BCUT2D eigenvalue weighted by Gasteiger charge is 2.02. The average Bonchev–Trinajstić information content (AvgIpc) is 2.98. The third kappa shape index (κ3) is 4.05. The molecule has 3 aromatic rings. The summed E-state index contributed by atoms with van der Waals surface area (Å²) in [6.07, 6.45) is 0. The summed E-state index contributed by atoms with van der Waals surface area (Å²) < 4.78 is 11.4. The predicted octanol–water partition coefficient (Wildman–Crippen LogP) is 4.00. The van der Waals surface area contributed by atoms with Crippen LogP contribution in [0.2, 0.25) is 0 Å². The molecule has 0 aliphatic rings. The molecular formula is C17H16N2O2S. The van der Waals surface area contributed by atoms with E-state index in [1.54, 1.807) is 11.3 Å². The quantitative estimate of drug-likeness (QED) is 0.690. The number of hydrogen-bond acceptors (Lipinski definition) is 5. The smallest absolute Gasteiger partial charge is 0.155 e. The lowest BCUT2D eigenvalue weighted by molar-refractivity contribution is 0.296. The molecule has 0 fully saturated rings. The summed E-state index contributed by atoms with van der Waals surface area (Å²) in [6, 6.07) is 17.7. The molecule has 22 heavy (non-hydrogen) atoms. The van der Waals surface area contributed by atoms with Crippen LogP contribution in [-0.4, -0.2) is 10.2 Å². The van der Waals surface area contributed by atoms with E-state index >= 15 is 0 Å². The fourth-order valence-corrected chi connectivity index (χ4v) is 2.54. The number of nitrogens with zero attached hydrogens (tertiary/aromatic N) is 2. The Balaban J connectivity index is 1.51. The maximum absolute atomic E-state index is 5.74. The van der Waals surface area contributed by atoms with Gasteiger partial charge in [-0.15, -0.1) is 10.2 Å². The highest BCUT2D eigenvalue weighted by Crippen LogP contribution is 2.20. The van der Waals surface area contributed by atoms with Crippen molar-refractivity contribution in [3.63, 3.8) is 0 Å². The molecule has 2 aromatic carbocycles. The third-order valence-electron chi connectivity index (χ3n) is 3.00. The molecule has 5 heteroatoms. The van der Waals surface area contributed by atoms with Crippen molar-refractivity contribution in [2.75, 3.05) is 0 Å². The van der Waals surface area contributed by atoms with Crippen LogP contribution in [0.15, 0.2) is 54.6 Å². The molecular weight excluding hydrogens is 296 g/mol. The Morgan fingerprint density at radius 2 is 1.45 bits per heavy atom. The van der Waals surface area contributed by atoms with Crippen molar-refractivity contribution >= 4 is 11.3 Å². The van der Waals surface area contributed by atoms with Gasteiger partial charge in [-0.2, -0.15) is 0 Å². The molecule has 0 saturated carbocycles. The number of ether oxygens (including phenoxy) is 2. The van der Waals surface area contributed by atoms with Gasteiger partial charge in [0.2, 0.25) is 0 Å². The first-order chi connectivity index (χ1) is 10.8. The number of hydrogen-bond donors (Lipinski definition) is 0. The molecule has 0 atom stereocenters. The SMILES string of the molecule is Cc1nnc(COc2ccc(OCc3ccccc3)cc2)s1. The molecule has 0 amide bonds. The molecule has 3 rings (SSSR count). The van der Waals surface area contributed by atoms with E-state index in [1.807, 2.05) is 61.5 Å². The Bertz CT molecular complexity index is 711. The lowest BCUT2D eigenvalue weighted by atomic mass is 10.2. The van der Waals surface area contributed by atoms with Crippen molar-refractivity contribution in [3.8, 4) is 11.5 Å². The Labute approximate surface area is 133 Å². The second-order valence-electron chi connectivity index (χ2n) is 4.75. The Morgan fingerprint density at radius 3 is 2.05 bits per heavy atom. The third-order valence-corrected chi connectivity index (χ3v) is 3.81. The van der Waals surface area contributed by atoms with Crippen LogP contribution in [0, 0.1) is 6.92 Å². The van der Waals surface area contributed by atoms with Crippen molar-refractivity contribution in [1.82, 2.24) is 10.2 Å². The van der Waals surface area contributed by atoms with Crippen molar-refractivity contribution in [1.29, 1.82) is 0 Å². The highest BCUT2D eigenvalue weighted by atomic mass is 32.1. The molecule has 0 aliphatic carbocycles. The van der Waals surface area contributed by atoms with Gasteiger partial charge in [0.15, 0.2) is 5.01 Å². The first kappa shape index (κ1) is 14.5. The van der Waals surface area contributed by atoms with Gasteiger partial charge in [-0.25, -0.2) is 0 Å². The van der Waals surface area contributed by atoms with E-state index in [2.05, 4.69) is 10.2 Å². The lowest BCUT2D eigenvalue weighted by Gasteiger charge is -2.08. The van der Waals surface area contributed by atoms with Gasteiger partial charge >= 0.3 is 0 Å². The number of rotatable bonds is 6. The van der Waals surface area contributed by atoms with E-state index in [0.717, 1.165) is 27.1 Å². The minimum absolute atomic E-state index is 0.440. The summed E-state index contributed by atoms with van der Waals surface area (Å²) in [6.45, 7) is 2.93. The largest absolute Gasteiger partial charge is 0.489 e. The Hall–Kier alpha value is -2.40. The summed E-state index contributed by atoms with van der Waals surface area (Å²) in [5.74, 6) is 1.61. The molecule has 0 bridgehead atoms. The fraction of sp³-hybridized carbons (Fsp3) is 0.176. The molecule has 0 unspecified atom stereocenters. The van der Waals surface area contributed by atoms with Crippen LogP contribution >= 0.6 is 11.3 Å². The van der Waals surface area contributed by atoms with Crippen LogP contribution in [0.3, 0.4) is 0 Å². The second kappa shape index (κ2) is 7.04. The second-order valence-corrected chi connectivity index (χ2v) is 6.02. The van der Waals surface area contributed by atoms with Crippen LogP contribution < -0.4 is 9.47 Å². The van der Waals surface area contributed by atoms with Crippen LogP contribution in [-0.2, 0) is 13.2 Å². The van der Waals surface area contributed by atoms with Gasteiger partial charge in [-0.3, -0.25) is 0 Å². The summed E-state index contributed by atoms with van der Waals surface area (Å²) >= 11 is 1.54. The molecule has 0 spiro atoms. The summed E-state index contributed by atoms with van der Waals surface area (Å²) in [5.41, 5.74) is 1.15. The highest BCUT2D eigenvalue weighted by molar-refractivity contribution is 7.11. The zero-order chi connectivity index (χ0) is 15.2. The normalized spacial score (nSPS) is 10.4. The topological polar surface area (TPSA) is 44.2 Å². The van der Waals surface area contributed by atoms with E-state index in [4.69, 9.17) is 9.47 Å². The van der Waals surface area contributed by atoms with Crippen molar-refractivity contribution in [3.05, 3.63) is 70.2 Å². The van der Waals surface area contributed by atoms with Gasteiger partial charge in [0.05, 0.1) is 0 Å². The standard InChI is InChI=1S/C17H16N2O2S/c1-13-18-19-17(22-13)12-21-16-9-7-15(8-10-16)20-11-14-5-3-2-4-6-14/h2-10H,11-12H2,1H3. The number of aryl methyl sites for hydroxylation is 1. The van der Waals surface area contributed by atoms with E-state index < -0.39 is 0 Å². The zero-order valence-corrected chi connectivity index (χ0v) is 13.0. The van der Waals surface area contributed by atoms with Crippen LogP contribution in [0.4, 0.5) is 0 Å². The Kier molecular flexibility index (Phi) is 4.65. The summed E-state index contributed by atoms with van der Waals surface area (Å²) in [7, 11) is 0. The van der Waals surface area contributed by atoms with Crippen LogP contribution in [0.25, 0.3) is 0 Å². The zero-order valence-electron chi connectivity index (χ0n) is 12.2. The molecule has 0 saturated heterocycles. The molecule has 4 nitrogen and oxygen atoms in total. The minimum Gasteiger partial charge on any atom is -0.489 e. The van der Waals surface area contributed by atoms with Crippen molar-refractivity contribution in [2.45, 2.75) is 20.1 Å². The average molecular weight is 312 g/mol. The maximum atomic E-state index is 5.74. The van der Waals surface area contributed by atoms with E-state index in [-0.39, 0.29) is 0 Å². The van der Waals surface area contributed by atoms with Gasteiger partial charge in [0.25, 0.3) is 0 Å². The summed E-state index contributed by atoms with van der Waals surface area (Å²) in [4.78, 5) is 0. The molecule has 1 heterocycles. The fourth-order valence-electron chi connectivity index (χ4n) is 1.91. The Morgan fingerprint density at radius 1 is 0.818 bits per heavy atom. The lowest BCUT2D eigenvalue weighted by Crippen LogP contribution is -1.96. The minimum atomic E-state index is 0.440. The summed E-state index contributed by atoms with van der Waals surface area (Å²) in [5, 5.41) is 9.82. The first-order valence-corrected chi connectivity index (χ1v) is 7.80. The monoisotopic (exact) mass is 312 g/mol. The van der Waals surface area contributed by atoms with Gasteiger partial charge in [-0.1, -0.05) is 41.7 Å². The van der Waals surface area contributed by atoms with Crippen molar-refractivity contribution < 1.29 is 9.47 Å². The van der Waals surface area contributed by atoms with Crippen LogP contribution in [0.5, 0.6) is 11.5 Å².